The first-order valence-electron chi connectivity index (χ1n) is 9.54. The number of fused-ring (bicyclic) bond motifs is 2. The molecule has 1 N–H and O–H groups in total. The van der Waals surface area contributed by atoms with E-state index in [1.54, 1.807) is 6.42 Å². The average molecular weight is 293 g/mol. The third-order valence-electron chi connectivity index (χ3n) is 7.56. The van der Waals surface area contributed by atoms with Crippen LogP contribution in [-0.4, -0.2) is 35.6 Å². The van der Waals surface area contributed by atoms with Crippen molar-refractivity contribution in [2.75, 3.05) is 19.6 Å². The van der Waals surface area contributed by atoms with Crippen molar-refractivity contribution in [3.05, 3.63) is 0 Å². The van der Waals surface area contributed by atoms with Gasteiger partial charge in [-0.2, -0.15) is 0 Å². The van der Waals surface area contributed by atoms with E-state index in [1.807, 2.05) is 0 Å². The predicted molar refractivity (Wildman–Crippen MR) is 90.5 cm³/mol. The van der Waals surface area contributed by atoms with Crippen LogP contribution < -0.4 is 5.32 Å². The van der Waals surface area contributed by atoms with Crippen molar-refractivity contribution in [1.82, 2.24) is 10.2 Å². The molecule has 0 amide bonds. The molecule has 3 aliphatic rings. The van der Waals surface area contributed by atoms with Gasteiger partial charge in [0.05, 0.1) is 0 Å². The van der Waals surface area contributed by atoms with E-state index in [0.29, 0.717) is 11.1 Å². The third-order valence-corrected chi connectivity index (χ3v) is 7.56. The molecule has 0 spiro atoms. The Morgan fingerprint density at radius 1 is 1.05 bits per heavy atom. The molecule has 0 aromatic rings. The van der Waals surface area contributed by atoms with Gasteiger partial charge in [-0.15, -0.1) is 0 Å². The molecular formula is C19H36N2. The molecule has 2 saturated carbocycles. The van der Waals surface area contributed by atoms with Gasteiger partial charge >= 0.3 is 0 Å². The summed E-state index contributed by atoms with van der Waals surface area (Å²) < 4.78 is 0. The molecule has 21 heavy (non-hydrogen) atoms. The molecule has 0 aromatic carbocycles. The Morgan fingerprint density at radius 3 is 2.33 bits per heavy atom. The van der Waals surface area contributed by atoms with E-state index in [1.165, 1.54) is 58.2 Å². The number of nitrogens with one attached hydrogen (secondary N) is 1. The molecule has 2 aliphatic carbocycles. The van der Waals surface area contributed by atoms with Crippen molar-refractivity contribution in [3.8, 4) is 0 Å². The standard InChI is InChI=1S/C19H36N2/c1-5-18(4)13-20-19(6-2,7-3)14-21(18)12-17-11-15-8-9-16(17)10-15/h15-17,20H,5-14H2,1-4H3. The lowest BCUT2D eigenvalue weighted by Crippen LogP contribution is -2.69. The Bertz CT molecular complexity index is 363. The number of rotatable bonds is 5. The van der Waals surface area contributed by atoms with E-state index < -0.39 is 0 Å². The highest BCUT2D eigenvalue weighted by atomic mass is 15.3. The van der Waals surface area contributed by atoms with Crippen molar-refractivity contribution in [1.29, 1.82) is 0 Å². The zero-order valence-electron chi connectivity index (χ0n) is 14.8. The second-order valence-electron chi connectivity index (χ2n) is 8.51. The zero-order chi connectivity index (χ0) is 15.1. The summed E-state index contributed by atoms with van der Waals surface area (Å²) in [7, 11) is 0. The molecule has 1 aliphatic heterocycles. The van der Waals surface area contributed by atoms with Gasteiger partial charge in [0.2, 0.25) is 0 Å². The van der Waals surface area contributed by atoms with Crippen molar-refractivity contribution in [3.63, 3.8) is 0 Å². The summed E-state index contributed by atoms with van der Waals surface area (Å²) in [5.74, 6) is 3.14. The van der Waals surface area contributed by atoms with Crippen LogP contribution >= 0.6 is 0 Å². The highest BCUT2D eigenvalue weighted by molar-refractivity contribution is 5.04. The molecule has 4 atom stereocenters. The third kappa shape index (κ3) is 2.79. The monoisotopic (exact) mass is 292 g/mol. The minimum absolute atomic E-state index is 0.367. The number of nitrogens with zero attached hydrogens (tertiary/aromatic N) is 1. The van der Waals surface area contributed by atoms with Crippen LogP contribution in [0.3, 0.4) is 0 Å². The fraction of sp³-hybridized carbons (Fsp3) is 1.00. The van der Waals surface area contributed by atoms with Crippen molar-refractivity contribution < 1.29 is 0 Å². The Balaban J connectivity index is 1.72. The normalized spacial score (nSPS) is 42.6. The summed E-state index contributed by atoms with van der Waals surface area (Å²) in [4.78, 5) is 2.89. The topological polar surface area (TPSA) is 15.3 Å². The van der Waals surface area contributed by atoms with Crippen LogP contribution in [0.2, 0.25) is 0 Å². The van der Waals surface area contributed by atoms with E-state index in [2.05, 4.69) is 37.9 Å². The second kappa shape index (κ2) is 5.85. The molecule has 1 heterocycles. The van der Waals surface area contributed by atoms with Crippen LogP contribution in [0.4, 0.5) is 0 Å². The number of piperazine rings is 1. The maximum atomic E-state index is 3.92. The minimum Gasteiger partial charge on any atom is -0.308 e. The Kier molecular flexibility index (Phi) is 4.40. The molecular weight excluding hydrogens is 256 g/mol. The van der Waals surface area contributed by atoms with Crippen LogP contribution in [0.5, 0.6) is 0 Å². The number of hydrogen-bond acceptors (Lipinski definition) is 2. The highest BCUT2D eigenvalue weighted by Gasteiger charge is 2.46. The first-order valence-corrected chi connectivity index (χ1v) is 9.54. The Morgan fingerprint density at radius 2 is 1.81 bits per heavy atom. The van der Waals surface area contributed by atoms with Gasteiger partial charge in [-0.25, -0.2) is 0 Å². The van der Waals surface area contributed by atoms with Gasteiger partial charge in [-0.3, -0.25) is 4.90 Å². The quantitative estimate of drug-likeness (QED) is 0.822. The van der Waals surface area contributed by atoms with Crippen LogP contribution in [0, 0.1) is 17.8 Å². The Hall–Kier alpha value is -0.0800. The molecule has 0 radical (unpaired) electrons. The summed E-state index contributed by atoms with van der Waals surface area (Å²) in [5.41, 5.74) is 0.738. The van der Waals surface area contributed by atoms with Gasteiger partial charge in [0.15, 0.2) is 0 Å². The van der Waals surface area contributed by atoms with Gasteiger partial charge in [0.1, 0.15) is 0 Å². The number of hydrogen-bond donors (Lipinski definition) is 1. The largest absolute Gasteiger partial charge is 0.308 e. The van der Waals surface area contributed by atoms with Gasteiger partial charge < -0.3 is 5.32 Å². The van der Waals surface area contributed by atoms with Crippen LogP contribution in [-0.2, 0) is 0 Å². The first-order chi connectivity index (χ1) is 10.0. The molecule has 2 heteroatoms. The molecule has 3 fully saturated rings. The summed E-state index contributed by atoms with van der Waals surface area (Å²) >= 11 is 0. The van der Waals surface area contributed by atoms with Gasteiger partial charge in [0.25, 0.3) is 0 Å². The molecule has 4 unspecified atom stereocenters. The summed E-state index contributed by atoms with van der Waals surface area (Å²) in [6.07, 6.45) is 9.92. The SMILES string of the molecule is CCC1(CC)CN(CC2CC3CCC2C3)C(C)(CC)CN1. The summed E-state index contributed by atoms with van der Waals surface area (Å²) in [5, 5.41) is 3.92. The van der Waals surface area contributed by atoms with Crippen LogP contribution in [0.15, 0.2) is 0 Å². The average Bonchev–Trinajstić information content (AvgIpc) is 3.12. The van der Waals surface area contributed by atoms with Gasteiger partial charge in [-0.1, -0.05) is 27.2 Å². The van der Waals surface area contributed by atoms with Gasteiger partial charge in [0, 0.05) is 30.7 Å². The van der Waals surface area contributed by atoms with E-state index in [-0.39, 0.29) is 0 Å². The van der Waals surface area contributed by atoms with Crippen molar-refractivity contribution in [2.24, 2.45) is 17.8 Å². The lowest BCUT2D eigenvalue weighted by atomic mass is 9.80. The van der Waals surface area contributed by atoms with Gasteiger partial charge in [-0.05, 0) is 63.2 Å². The molecule has 122 valence electrons. The van der Waals surface area contributed by atoms with E-state index in [4.69, 9.17) is 0 Å². The first kappa shape index (κ1) is 15.8. The van der Waals surface area contributed by atoms with Crippen LogP contribution in [0.1, 0.15) is 72.6 Å². The fourth-order valence-corrected chi connectivity index (χ4v) is 5.34. The second-order valence-corrected chi connectivity index (χ2v) is 8.51. The minimum atomic E-state index is 0.367. The molecule has 3 rings (SSSR count). The maximum Gasteiger partial charge on any atom is 0.0304 e. The fourth-order valence-electron chi connectivity index (χ4n) is 5.34. The predicted octanol–water partition coefficient (Wildman–Crippen LogP) is 4.06. The molecule has 2 nitrogen and oxygen atoms in total. The lowest BCUT2D eigenvalue weighted by Gasteiger charge is -2.54. The van der Waals surface area contributed by atoms with Crippen molar-refractivity contribution in [2.45, 2.75) is 83.7 Å². The molecule has 2 bridgehead atoms. The summed E-state index contributed by atoms with van der Waals surface area (Å²) in [6.45, 7) is 13.4. The van der Waals surface area contributed by atoms with E-state index in [9.17, 15) is 0 Å². The van der Waals surface area contributed by atoms with Crippen LogP contribution in [0.25, 0.3) is 0 Å². The smallest absolute Gasteiger partial charge is 0.0304 e. The van der Waals surface area contributed by atoms with Crippen molar-refractivity contribution >= 4 is 0 Å². The lowest BCUT2D eigenvalue weighted by molar-refractivity contribution is -0.00747. The van der Waals surface area contributed by atoms with E-state index in [0.717, 1.165) is 17.8 Å². The Labute approximate surface area is 132 Å². The van der Waals surface area contributed by atoms with E-state index >= 15 is 0 Å². The molecule has 0 aromatic heterocycles. The maximum absolute atomic E-state index is 3.92. The zero-order valence-corrected chi connectivity index (χ0v) is 14.8. The highest BCUT2D eigenvalue weighted by Crippen LogP contribution is 2.49. The molecule has 1 saturated heterocycles. The summed E-state index contributed by atoms with van der Waals surface area (Å²) in [6, 6.07) is 0.